The number of nitrogens with zero attached hydrogens (tertiary/aromatic N) is 2. The topological polar surface area (TPSA) is 49.0 Å². The van der Waals surface area contributed by atoms with E-state index in [4.69, 9.17) is 0 Å². The molecule has 0 bridgehead atoms. The van der Waals surface area contributed by atoms with Crippen LogP contribution in [0, 0.1) is 11.6 Å². The van der Waals surface area contributed by atoms with Crippen LogP contribution in [0.15, 0.2) is 23.0 Å². The Kier molecular flexibility index (Phi) is 4.25. The minimum Gasteiger partial charge on any atom is -0.310 e. The standard InChI is InChI=1S/C18H21F2N3O/c1-18(2,3)17-21-15-6-7-23(10-13(15)16(24)22-17)9-11-4-5-12(19)8-14(11)20/h4-5,8H,6-7,9-10H2,1-3H3,(H,21,22,24). The van der Waals surface area contributed by atoms with Gasteiger partial charge in [0, 0.05) is 43.1 Å². The van der Waals surface area contributed by atoms with Gasteiger partial charge in [0.2, 0.25) is 0 Å². The van der Waals surface area contributed by atoms with Crippen LogP contribution in [0.1, 0.15) is 43.4 Å². The minimum atomic E-state index is -0.587. The summed E-state index contributed by atoms with van der Waals surface area (Å²) in [7, 11) is 0. The molecule has 1 aromatic carbocycles. The predicted octanol–water partition coefficient (Wildman–Crippen LogP) is 2.90. The third-order valence-electron chi connectivity index (χ3n) is 4.27. The fraction of sp³-hybridized carbons (Fsp3) is 0.444. The molecule has 0 aliphatic carbocycles. The summed E-state index contributed by atoms with van der Waals surface area (Å²) < 4.78 is 26.8. The van der Waals surface area contributed by atoms with Gasteiger partial charge in [-0.2, -0.15) is 0 Å². The second-order valence-corrected chi connectivity index (χ2v) is 7.29. The zero-order chi connectivity index (χ0) is 17.5. The SMILES string of the molecule is CC(C)(C)c1nc2c(c(=O)[nH]1)CN(Cc1ccc(F)cc1F)CC2. The number of rotatable bonds is 2. The van der Waals surface area contributed by atoms with Crippen LogP contribution in [-0.4, -0.2) is 21.4 Å². The van der Waals surface area contributed by atoms with Gasteiger partial charge in [0.05, 0.1) is 11.3 Å². The Balaban J connectivity index is 1.83. The fourth-order valence-corrected chi connectivity index (χ4v) is 2.86. The quantitative estimate of drug-likeness (QED) is 0.919. The van der Waals surface area contributed by atoms with Crippen molar-refractivity contribution in [3.63, 3.8) is 0 Å². The normalized spacial score (nSPS) is 15.4. The molecule has 0 fully saturated rings. The van der Waals surface area contributed by atoms with Crippen molar-refractivity contribution in [3.8, 4) is 0 Å². The number of aromatic nitrogens is 2. The zero-order valence-corrected chi connectivity index (χ0v) is 14.1. The Morgan fingerprint density at radius 1 is 1.29 bits per heavy atom. The lowest BCUT2D eigenvalue weighted by molar-refractivity contribution is 0.237. The van der Waals surface area contributed by atoms with Crippen LogP contribution in [0.5, 0.6) is 0 Å². The third kappa shape index (κ3) is 3.38. The molecule has 3 rings (SSSR count). The summed E-state index contributed by atoms with van der Waals surface area (Å²) in [5, 5.41) is 0. The highest BCUT2D eigenvalue weighted by molar-refractivity contribution is 5.24. The van der Waals surface area contributed by atoms with Gasteiger partial charge in [0.25, 0.3) is 5.56 Å². The first-order chi connectivity index (χ1) is 11.2. The van der Waals surface area contributed by atoms with Crippen molar-refractivity contribution in [3.05, 3.63) is 62.8 Å². The molecule has 1 aliphatic rings. The Labute approximate surface area is 139 Å². The van der Waals surface area contributed by atoms with E-state index < -0.39 is 11.6 Å². The van der Waals surface area contributed by atoms with Crippen LogP contribution in [0.2, 0.25) is 0 Å². The van der Waals surface area contributed by atoms with E-state index in [2.05, 4.69) is 9.97 Å². The first-order valence-electron chi connectivity index (χ1n) is 8.03. The van der Waals surface area contributed by atoms with E-state index in [0.29, 0.717) is 43.0 Å². The van der Waals surface area contributed by atoms with Gasteiger partial charge in [-0.25, -0.2) is 13.8 Å². The van der Waals surface area contributed by atoms with E-state index >= 15 is 0 Å². The summed E-state index contributed by atoms with van der Waals surface area (Å²) in [6.07, 6.45) is 0.644. The highest BCUT2D eigenvalue weighted by atomic mass is 19.1. The molecule has 1 N–H and O–H groups in total. The van der Waals surface area contributed by atoms with Crippen LogP contribution >= 0.6 is 0 Å². The van der Waals surface area contributed by atoms with Crippen molar-refractivity contribution in [1.82, 2.24) is 14.9 Å². The third-order valence-corrected chi connectivity index (χ3v) is 4.27. The van der Waals surface area contributed by atoms with Crippen molar-refractivity contribution < 1.29 is 8.78 Å². The van der Waals surface area contributed by atoms with E-state index in [-0.39, 0.29) is 11.0 Å². The minimum absolute atomic E-state index is 0.130. The predicted molar refractivity (Wildman–Crippen MR) is 87.7 cm³/mol. The summed E-state index contributed by atoms with van der Waals surface area (Å²) >= 11 is 0. The van der Waals surface area contributed by atoms with Gasteiger partial charge < -0.3 is 4.98 Å². The van der Waals surface area contributed by atoms with Gasteiger partial charge >= 0.3 is 0 Å². The van der Waals surface area contributed by atoms with E-state index in [9.17, 15) is 13.6 Å². The molecule has 1 aromatic heterocycles. The summed E-state index contributed by atoms with van der Waals surface area (Å²) in [4.78, 5) is 21.8. The number of fused-ring (bicyclic) bond motifs is 1. The average Bonchev–Trinajstić information content (AvgIpc) is 2.49. The molecular formula is C18H21F2N3O. The average molecular weight is 333 g/mol. The first-order valence-corrected chi connectivity index (χ1v) is 8.03. The van der Waals surface area contributed by atoms with Gasteiger partial charge in [-0.05, 0) is 6.07 Å². The lowest BCUT2D eigenvalue weighted by Crippen LogP contribution is -2.37. The zero-order valence-electron chi connectivity index (χ0n) is 14.1. The molecule has 6 heteroatoms. The number of hydrogen-bond acceptors (Lipinski definition) is 3. The van der Waals surface area contributed by atoms with Crippen LogP contribution in [0.4, 0.5) is 8.78 Å². The van der Waals surface area contributed by atoms with E-state index in [1.54, 1.807) is 0 Å². The lowest BCUT2D eigenvalue weighted by Gasteiger charge is -2.29. The number of aromatic amines is 1. The Morgan fingerprint density at radius 2 is 2.04 bits per heavy atom. The van der Waals surface area contributed by atoms with Gasteiger partial charge in [-0.15, -0.1) is 0 Å². The summed E-state index contributed by atoms with van der Waals surface area (Å²) in [6, 6.07) is 3.59. The molecule has 0 saturated carbocycles. The number of hydrogen-bond donors (Lipinski definition) is 1. The Morgan fingerprint density at radius 3 is 2.71 bits per heavy atom. The van der Waals surface area contributed by atoms with Crippen LogP contribution < -0.4 is 5.56 Å². The van der Waals surface area contributed by atoms with E-state index in [1.165, 1.54) is 12.1 Å². The molecule has 2 aromatic rings. The van der Waals surface area contributed by atoms with Crippen molar-refractivity contribution >= 4 is 0 Å². The van der Waals surface area contributed by atoms with Crippen molar-refractivity contribution in [1.29, 1.82) is 0 Å². The molecule has 0 unspecified atom stereocenters. The maximum atomic E-state index is 13.8. The highest BCUT2D eigenvalue weighted by Gasteiger charge is 2.25. The molecule has 0 radical (unpaired) electrons. The number of halogens is 2. The van der Waals surface area contributed by atoms with E-state index in [1.807, 2.05) is 25.7 Å². The van der Waals surface area contributed by atoms with Gasteiger partial charge in [0.1, 0.15) is 17.5 Å². The molecule has 128 valence electrons. The summed E-state index contributed by atoms with van der Waals surface area (Å²) in [5.41, 5.74) is 1.53. The second-order valence-electron chi connectivity index (χ2n) is 7.29. The second kappa shape index (κ2) is 6.09. The first kappa shape index (κ1) is 16.8. The molecule has 2 heterocycles. The van der Waals surface area contributed by atoms with Gasteiger partial charge in [0.15, 0.2) is 0 Å². The summed E-state index contributed by atoms with van der Waals surface area (Å²) in [6.45, 7) is 7.45. The summed E-state index contributed by atoms with van der Waals surface area (Å²) in [5.74, 6) is -0.462. The molecule has 0 amide bonds. The maximum absolute atomic E-state index is 13.8. The lowest BCUT2D eigenvalue weighted by atomic mass is 9.95. The van der Waals surface area contributed by atoms with Crippen molar-refractivity contribution in [2.24, 2.45) is 0 Å². The van der Waals surface area contributed by atoms with E-state index in [0.717, 1.165) is 11.8 Å². The van der Waals surface area contributed by atoms with Crippen LogP contribution in [0.3, 0.4) is 0 Å². The molecule has 0 atom stereocenters. The number of H-pyrrole nitrogens is 1. The largest absolute Gasteiger partial charge is 0.310 e. The fourth-order valence-electron chi connectivity index (χ4n) is 2.86. The Hall–Kier alpha value is -2.08. The Bertz CT molecular complexity index is 824. The highest BCUT2D eigenvalue weighted by Crippen LogP contribution is 2.22. The molecule has 1 aliphatic heterocycles. The van der Waals surface area contributed by atoms with Gasteiger partial charge in [-0.1, -0.05) is 26.8 Å². The molecule has 0 saturated heterocycles. The molecule has 24 heavy (non-hydrogen) atoms. The molecule has 4 nitrogen and oxygen atoms in total. The smallest absolute Gasteiger partial charge is 0.255 e. The number of nitrogens with one attached hydrogen (secondary N) is 1. The van der Waals surface area contributed by atoms with Crippen LogP contribution in [0.25, 0.3) is 0 Å². The van der Waals surface area contributed by atoms with Crippen molar-refractivity contribution in [2.75, 3.05) is 6.54 Å². The molecule has 0 spiro atoms. The molecular weight excluding hydrogens is 312 g/mol. The van der Waals surface area contributed by atoms with Crippen LogP contribution in [-0.2, 0) is 24.9 Å². The monoisotopic (exact) mass is 333 g/mol. The maximum Gasteiger partial charge on any atom is 0.255 e. The number of benzene rings is 1. The van der Waals surface area contributed by atoms with Gasteiger partial charge in [-0.3, -0.25) is 9.69 Å². The van der Waals surface area contributed by atoms with Crippen molar-refractivity contribution in [2.45, 2.75) is 45.7 Å².